The number of aromatic nitrogens is 2. The highest BCUT2D eigenvalue weighted by Gasteiger charge is 2.25. The molecule has 1 aliphatic heterocycles. The van der Waals surface area contributed by atoms with E-state index in [2.05, 4.69) is 18.3 Å². The number of nitrogens with one attached hydrogen (secondary N) is 1. The number of halogens is 2. The lowest BCUT2D eigenvalue weighted by molar-refractivity contribution is 0.110. The van der Waals surface area contributed by atoms with Gasteiger partial charge in [0.25, 0.3) is 0 Å². The maximum absolute atomic E-state index is 10.2. The van der Waals surface area contributed by atoms with Crippen LogP contribution in [0.2, 0.25) is 0 Å². The van der Waals surface area contributed by atoms with Crippen LogP contribution in [-0.2, 0) is 18.8 Å². The van der Waals surface area contributed by atoms with Gasteiger partial charge in [0.15, 0.2) is 0 Å². The van der Waals surface area contributed by atoms with Gasteiger partial charge in [0.2, 0.25) is 0 Å². The summed E-state index contributed by atoms with van der Waals surface area (Å²) in [6.45, 7) is 3.16. The quantitative estimate of drug-likeness (QED) is 0.629. The fourth-order valence-electron chi connectivity index (χ4n) is 0.651. The molecule has 1 aromatic rings. The molecule has 2 atom stereocenters. The zero-order valence-corrected chi connectivity index (χ0v) is 14.0. The minimum atomic E-state index is -3.60. The molecular formula is C10H20Cl2N2O6S. The van der Waals surface area contributed by atoms with Gasteiger partial charge in [-0.3, -0.25) is 0 Å². The molecule has 21 heavy (non-hydrogen) atoms. The second-order valence-electron chi connectivity index (χ2n) is 3.49. The third-order valence-electron chi connectivity index (χ3n) is 1.40. The van der Waals surface area contributed by atoms with Crippen LogP contribution in [0.5, 0.6) is 0 Å². The Morgan fingerprint density at radius 3 is 2.14 bits per heavy atom. The van der Waals surface area contributed by atoms with E-state index in [1.54, 1.807) is 25.6 Å². The van der Waals surface area contributed by atoms with Crippen LogP contribution >= 0.6 is 23.2 Å². The normalized spacial score (nSPS) is 19.8. The van der Waals surface area contributed by atoms with Gasteiger partial charge in [0, 0.05) is 12.4 Å². The van der Waals surface area contributed by atoms with Crippen LogP contribution in [0.3, 0.4) is 0 Å². The summed E-state index contributed by atoms with van der Waals surface area (Å²) < 4.78 is 28.9. The number of alkyl halides is 2. The number of hydrogen-bond acceptors (Lipinski definition) is 7. The Hall–Kier alpha value is -0.420. The van der Waals surface area contributed by atoms with Crippen LogP contribution < -0.4 is 0 Å². The first-order valence-electron chi connectivity index (χ1n) is 5.70. The largest absolute Gasteiger partial charge is 0.400 e. The maximum Gasteiger partial charge on any atom is 0.400 e. The molecule has 11 heteroatoms. The van der Waals surface area contributed by atoms with Crippen molar-refractivity contribution in [2.45, 2.75) is 26.1 Å². The van der Waals surface area contributed by atoms with Crippen molar-refractivity contribution >= 4 is 33.6 Å². The molecular weight excluding hydrogens is 347 g/mol. The van der Waals surface area contributed by atoms with E-state index in [4.69, 9.17) is 33.4 Å². The van der Waals surface area contributed by atoms with Gasteiger partial charge in [-0.1, -0.05) is 0 Å². The number of nitrogens with zero attached hydrogens (tertiary/aromatic N) is 1. The van der Waals surface area contributed by atoms with Crippen LogP contribution in [0.4, 0.5) is 0 Å². The Balaban J connectivity index is 0. The molecule has 0 saturated carbocycles. The summed E-state index contributed by atoms with van der Waals surface area (Å²) in [6, 6.07) is 0. The van der Waals surface area contributed by atoms with E-state index < -0.39 is 16.5 Å². The van der Waals surface area contributed by atoms with Crippen molar-refractivity contribution in [3.8, 4) is 0 Å². The van der Waals surface area contributed by atoms with Gasteiger partial charge in [-0.15, -0.1) is 23.2 Å². The second-order valence-corrected chi connectivity index (χ2v) is 5.55. The van der Waals surface area contributed by atoms with E-state index in [0.717, 1.165) is 0 Å². The molecule has 1 aliphatic rings. The zero-order valence-electron chi connectivity index (χ0n) is 11.6. The molecule has 126 valence electrons. The number of aliphatic hydroxyl groups is 2. The molecule has 3 N–H and O–H groups in total. The number of hydrogen-bond donors (Lipinski definition) is 3. The average molecular weight is 367 g/mol. The first kappa shape index (κ1) is 22.9. The minimum absolute atomic E-state index is 0.139. The summed E-state index contributed by atoms with van der Waals surface area (Å²) in [5, 5.41) is 16.2. The zero-order chi connectivity index (χ0) is 16.7. The van der Waals surface area contributed by atoms with Gasteiger partial charge in [-0.25, -0.2) is 13.4 Å². The Kier molecular flexibility index (Phi) is 15.8. The average Bonchev–Trinajstić information content (AvgIpc) is 3.04. The molecule has 1 aromatic heterocycles. The van der Waals surface area contributed by atoms with E-state index in [-0.39, 0.29) is 24.7 Å². The SMILES string of the molecule is CC(O)CO.CC1COS(=O)(=O)O1.ClCCl.c1c[nH]cn1. The van der Waals surface area contributed by atoms with Gasteiger partial charge in [0.1, 0.15) is 6.10 Å². The van der Waals surface area contributed by atoms with E-state index >= 15 is 0 Å². The predicted molar refractivity (Wildman–Crippen MR) is 79.3 cm³/mol. The van der Waals surface area contributed by atoms with Crippen molar-refractivity contribution in [3.05, 3.63) is 18.7 Å². The fraction of sp³-hybridized carbons (Fsp3) is 0.700. The standard InChI is InChI=1S/C3H4N2.C3H6O4S.C3H8O2.CH2Cl2/c1-2-5-3-4-1;1-3-2-6-8(4,5)7-3;1-3(5)2-4;2-1-3/h1-3H,(H,4,5);3H,2H2,1H3;3-5H,2H2,1H3;1H2. The highest BCUT2D eigenvalue weighted by atomic mass is 35.5. The van der Waals surface area contributed by atoms with E-state index in [0.29, 0.717) is 0 Å². The predicted octanol–water partition coefficient (Wildman–Crippen LogP) is 0.857. The number of imidazole rings is 1. The van der Waals surface area contributed by atoms with Crippen molar-refractivity contribution in [3.63, 3.8) is 0 Å². The summed E-state index contributed by atoms with van der Waals surface area (Å²) in [7, 11) is -3.60. The van der Waals surface area contributed by atoms with Crippen LogP contribution in [0.25, 0.3) is 0 Å². The summed E-state index contributed by atoms with van der Waals surface area (Å²) in [4.78, 5) is 6.42. The third-order valence-corrected chi connectivity index (χ3v) is 2.39. The second kappa shape index (κ2) is 14.5. The molecule has 8 nitrogen and oxygen atoms in total. The number of aliphatic hydroxyl groups excluding tert-OH is 2. The molecule has 1 fully saturated rings. The van der Waals surface area contributed by atoms with Gasteiger partial charge in [0.05, 0.1) is 31.0 Å². The lowest BCUT2D eigenvalue weighted by Crippen LogP contribution is -2.03. The summed E-state index contributed by atoms with van der Waals surface area (Å²) in [5.41, 5.74) is 0. The van der Waals surface area contributed by atoms with Gasteiger partial charge in [-0.05, 0) is 13.8 Å². The number of aromatic amines is 1. The summed E-state index contributed by atoms with van der Waals surface area (Å²) >= 11 is 9.53. The van der Waals surface area contributed by atoms with Gasteiger partial charge < -0.3 is 15.2 Å². The smallest absolute Gasteiger partial charge is 0.394 e. The van der Waals surface area contributed by atoms with Crippen molar-refractivity contribution in [2.24, 2.45) is 0 Å². The number of H-pyrrole nitrogens is 1. The van der Waals surface area contributed by atoms with Crippen LogP contribution in [0.15, 0.2) is 18.7 Å². The molecule has 0 bridgehead atoms. The van der Waals surface area contributed by atoms with Gasteiger partial charge >= 0.3 is 10.4 Å². The Labute approximate surface area is 134 Å². The summed E-state index contributed by atoms with van der Waals surface area (Å²) in [5.74, 6) is 0. The van der Waals surface area contributed by atoms with Crippen molar-refractivity contribution in [1.82, 2.24) is 9.97 Å². The van der Waals surface area contributed by atoms with Crippen LogP contribution in [-0.4, -0.2) is 59.4 Å². The highest BCUT2D eigenvalue weighted by Crippen LogP contribution is 2.10. The number of rotatable bonds is 1. The molecule has 2 unspecified atom stereocenters. The van der Waals surface area contributed by atoms with Crippen molar-refractivity contribution in [2.75, 3.05) is 18.6 Å². The van der Waals surface area contributed by atoms with Crippen LogP contribution in [0, 0.1) is 0 Å². The monoisotopic (exact) mass is 366 g/mol. The first-order chi connectivity index (χ1) is 9.79. The molecule has 2 rings (SSSR count). The van der Waals surface area contributed by atoms with Crippen molar-refractivity contribution < 1.29 is 27.0 Å². The highest BCUT2D eigenvalue weighted by molar-refractivity contribution is 7.82. The molecule has 0 radical (unpaired) electrons. The Morgan fingerprint density at radius 1 is 1.52 bits per heavy atom. The topological polar surface area (TPSA) is 122 Å². The van der Waals surface area contributed by atoms with Gasteiger partial charge in [-0.2, -0.15) is 8.42 Å². The maximum atomic E-state index is 10.2. The summed E-state index contributed by atoms with van der Waals surface area (Å²) in [6.07, 6.45) is 4.20. The van der Waals surface area contributed by atoms with E-state index in [1.165, 1.54) is 6.92 Å². The third kappa shape index (κ3) is 19.6. The molecule has 0 amide bonds. The Morgan fingerprint density at radius 2 is 2.05 bits per heavy atom. The Bertz CT molecular complexity index is 384. The lowest BCUT2D eigenvalue weighted by atomic mass is 10.5. The van der Waals surface area contributed by atoms with Crippen molar-refractivity contribution in [1.29, 1.82) is 0 Å². The van der Waals surface area contributed by atoms with E-state index in [9.17, 15) is 8.42 Å². The van der Waals surface area contributed by atoms with Crippen LogP contribution in [0.1, 0.15) is 13.8 Å². The molecule has 2 heterocycles. The fourth-order valence-corrected chi connectivity index (χ4v) is 1.52. The minimum Gasteiger partial charge on any atom is -0.394 e. The molecule has 0 spiro atoms. The lowest BCUT2D eigenvalue weighted by Gasteiger charge is -1.90. The molecule has 0 aromatic carbocycles. The molecule has 0 aliphatic carbocycles. The first-order valence-corrected chi connectivity index (χ1v) is 8.10. The molecule has 1 saturated heterocycles. The van der Waals surface area contributed by atoms with E-state index in [1.807, 2.05) is 0 Å².